The lowest BCUT2D eigenvalue weighted by molar-refractivity contribution is 0.0938. The minimum absolute atomic E-state index is 0.0631. The number of nitrogens with one attached hydrogen (secondary N) is 1. The highest BCUT2D eigenvalue weighted by atomic mass is 35.7. The van der Waals surface area contributed by atoms with Crippen LogP contribution in [0.5, 0.6) is 0 Å². The van der Waals surface area contributed by atoms with Crippen LogP contribution in [0.2, 0.25) is 0 Å². The van der Waals surface area contributed by atoms with Gasteiger partial charge in [0.25, 0.3) is 15.0 Å². The number of nitrogens with zero attached hydrogens (tertiary/aromatic N) is 1. The van der Waals surface area contributed by atoms with E-state index in [1.54, 1.807) is 7.05 Å². The first kappa shape index (κ1) is 13.4. The third-order valence-corrected chi connectivity index (χ3v) is 4.63. The van der Waals surface area contributed by atoms with Crippen molar-refractivity contribution in [2.45, 2.75) is 31.2 Å². The maximum atomic E-state index is 12.0. The van der Waals surface area contributed by atoms with Gasteiger partial charge in [-0.3, -0.25) is 4.79 Å². The average molecular weight is 291 g/mol. The van der Waals surface area contributed by atoms with Crippen LogP contribution >= 0.6 is 10.7 Å². The molecule has 1 atom stereocenters. The first-order chi connectivity index (χ1) is 8.11. The molecule has 1 saturated carbocycles. The van der Waals surface area contributed by atoms with Crippen LogP contribution in [-0.2, 0) is 16.1 Å². The Bertz CT molecular complexity index is 604. The molecular formula is C11H15ClN2O3S. The van der Waals surface area contributed by atoms with Gasteiger partial charge >= 0.3 is 0 Å². The molecule has 2 rings (SSSR count). The first-order valence-electron chi connectivity index (χ1n) is 5.53. The van der Waals surface area contributed by atoms with Crippen molar-refractivity contribution in [3.63, 3.8) is 0 Å². The summed E-state index contributed by atoms with van der Waals surface area (Å²) in [5, 5.41) is 2.87. The van der Waals surface area contributed by atoms with Gasteiger partial charge in [0.2, 0.25) is 0 Å². The Morgan fingerprint density at radius 2 is 2.11 bits per heavy atom. The van der Waals surface area contributed by atoms with E-state index in [1.165, 1.54) is 16.8 Å². The van der Waals surface area contributed by atoms with Gasteiger partial charge in [-0.2, -0.15) is 0 Å². The fraction of sp³-hybridized carbons (Fsp3) is 0.545. The number of carbonyl (C=O) groups excluding carboxylic acids is 1. The van der Waals surface area contributed by atoms with Crippen LogP contribution in [0.25, 0.3) is 0 Å². The van der Waals surface area contributed by atoms with Crippen molar-refractivity contribution in [2.24, 2.45) is 12.5 Å². The molecule has 1 heterocycles. The maximum Gasteiger partial charge on any atom is 0.268 e. The maximum absolute atomic E-state index is 12.0. The molecule has 1 fully saturated rings. The molecule has 0 aromatic carbocycles. The molecule has 1 aliphatic carbocycles. The highest BCUT2D eigenvalue weighted by Gasteiger charge is 2.46. The predicted molar refractivity (Wildman–Crippen MR) is 68.1 cm³/mol. The minimum Gasteiger partial charge on any atom is -0.347 e. The molecule has 0 saturated heterocycles. The van der Waals surface area contributed by atoms with Gasteiger partial charge < -0.3 is 9.88 Å². The summed E-state index contributed by atoms with van der Waals surface area (Å²) in [4.78, 5) is 11.9. The molecule has 100 valence electrons. The Balaban J connectivity index is 2.19. The van der Waals surface area contributed by atoms with E-state index in [4.69, 9.17) is 10.7 Å². The van der Waals surface area contributed by atoms with Gasteiger partial charge in [0.15, 0.2) is 0 Å². The first-order valence-corrected chi connectivity index (χ1v) is 7.84. The third kappa shape index (κ3) is 2.54. The smallest absolute Gasteiger partial charge is 0.268 e. The Labute approximate surface area is 111 Å². The molecule has 1 aromatic heterocycles. The van der Waals surface area contributed by atoms with Crippen LogP contribution in [0.3, 0.4) is 0 Å². The van der Waals surface area contributed by atoms with Gasteiger partial charge in [0.05, 0.1) is 0 Å². The van der Waals surface area contributed by atoms with Gasteiger partial charge in [-0.25, -0.2) is 8.42 Å². The van der Waals surface area contributed by atoms with Crippen molar-refractivity contribution in [1.29, 1.82) is 0 Å². The Morgan fingerprint density at radius 3 is 2.50 bits per heavy atom. The fourth-order valence-corrected chi connectivity index (χ4v) is 2.63. The number of halogens is 1. The standard InChI is InChI=1S/C11H15ClN2O3S/c1-11(2)5-9(11)13-10(15)8-4-7(6-14(8)3)18(12,16)17/h4,6,9H,5H2,1-3H3,(H,13,15). The molecule has 0 bridgehead atoms. The largest absolute Gasteiger partial charge is 0.347 e. The van der Waals surface area contributed by atoms with Gasteiger partial charge in [-0.1, -0.05) is 13.8 Å². The van der Waals surface area contributed by atoms with Crippen LogP contribution in [-0.4, -0.2) is 24.9 Å². The van der Waals surface area contributed by atoms with E-state index < -0.39 is 9.05 Å². The summed E-state index contributed by atoms with van der Waals surface area (Å²) in [5.74, 6) is -0.278. The van der Waals surface area contributed by atoms with Crippen LogP contribution in [0.1, 0.15) is 30.8 Å². The Morgan fingerprint density at radius 1 is 1.56 bits per heavy atom. The number of aromatic nitrogens is 1. The lowest BCUT2D eigenvalue weighted by Crippen LogP contribution is -2.29. The van der Waals surface area contributed by atoms with Crippen molar-refractivity contribution in [3.8, 4) is 0 Å². The topological polar surface area (TPSA) is 68.2 Å². The summed E-state index contributed by atoms with van der Waals surface area (Å²) in [7, 11) is 3.05. The van der Waals surface area contributed by atoms with Crippen LogP contribution < -0.4 is 5.32 Å². The van der Waals surface area contributed by atoms with Gasteiger partial charge in [-0.05, 0) is 17.9 Å². The molecule has 1 unspecified atom stereocenters. The normalized spacial score (nSPS) is 21.7. The van der Waals surface area contributed by atoms with E-state index in [1.807, 2.05) is 0 Å². The summed E-state index contributed by atoms with van der Waals surface area (Å²) in [6.45, 7) is 4.13. The molecule has 0 radical (unpaired) electrons. The molecule has 1 aromatic rings. The number of amides is 1. The van der Waals surface area contributed by atoms with E-state index in [0.717, 1.165) is 6.42 Å². The molecule has 1 amide bonds. The second kappa shape index (κ2) is 3.99. The molecule has 1 N–H and O–H groups in total. The summed E-state index contributed by atoms with van der Waals surface area (Å²) in [6.07, 6.45) is 2.26. The lowest BCUT2D eigenvalue weighted by Gasteiger charge is -2.07. The van der Waals surface area contributed by atoms with Crippen molar-refractivity contribution < 1.29 is 13.2 Å². The van der Waals surface area contributed by atoms with E-state index in [2.05, 4.69) is 19.2 Å². The number of rotatable bonds is 3. The summed E-state index contributed by atoms with van der Waals surface area (Å²) in [6, 6.07) is 1.43. The average Bonchev–Trinajstić information content (AvgIpc) is 2.63. The van der Waals surface area contributed by atoms with Crippen molar-refractivity contribution in [1.82, 2.24) is 9.88 Å². The number of carbonyl (C=O) groups is 1. The van der Waals surface area contributed by atoms with Gasteiger partial charge in [0, 0.05) is 30.0 Å². The zero-order valence-electron chi connectivity index (χ0n) is 10.4. The summed E-state index contributed by atoms with van der Waals surface area (Å²) >= 11 is 0. The zero-order valence-corrected chi connectivity index (χ0v) is 12.0. The van der Waals surface area contributed by atoms with Crippen LogP contribution in [0.15, 0.2) is 17.2 Å². The second-order valence-electron chi connectivity index (χ2n) is 5.33. The van der Waals surface area contributed by atoms with Gasteiger partial charge in [-0.15, -0.1) is 0 Å². The predicted octanol–water partition coefficient (Wildman–Crippen LogP) is 1.48. The SMILES string of the molecule is Cn1cc(S(=O)(=O)Cl)cc1C(=O)NC1CC1(C)C. The highest BCUT2D eigenvalue weighted by molar-refractivity contribution is 8.13. The van der Waals surface area contributed by atoms with Crippen LogP contribution in [0, 0.1) is 5.41 Å². The second-order valence-corrected chi connectivity index (χ2v) is 7.89. The molecule has 5 nitrogen and oxygen atoms in total. The zero-order chi connectivity index (χ0) is 13.7. The minimum atomic E-state index is -3.80. The van der Waals surface area contributed by atoms with E-state index >= 15 is 0 Å². The van der Waals surface area contributed by atoms with Crippen molar-refractivity contribution >= 4 is 25.6 Å². The number of aryl methyl sites for hydroxylation is 1. The van der Waals surface area contributed by atoms with E-state index in [-0.39, 0.29) is 28.0 Å². The quantitative estimate of drug-likeness (QED) is 0.858. The Hall–Kier alpha value is -1.01. The van der Waals surface area contributed by atoms with E-state index in [9.17, 15) is 13.2 Å². The summed E-state index contributed by atoms with van der Waals surface area (Å²) in [5.41, 5.74) is 0.416. The summed E-state index contributed by atoms with van der Waals surface area (Å²) < 4.78 is 23.8. The molecule has 18 heavy (non-hydrogen) atoms. The van der Waals surface area contributed by atoms with Gasteiger partial charge in [0.1, 0.15) is 10.6 Å². The van der Waals surface area contributed by atoms with E-state index in [0.29, 0.717) is 0 Å². The lowest BCUT2D eigenvalue weighted by atomic mass is 10.2. The molecule has 0 spiro atoms. The van der Waals surface area contributed by atoms with Crippen molar-refractivity contribution in [3.05, 3.63) is 18.0 Å². The number of hydrogen-bond donors (Lipinski definition) is 1. The van der Waals surface area contributed by atoms with Crippen LogP contribution in [0.4, 0.5) is 0 Å². The molecule has 1 aliphatic rings. The highest BCUT2D eigenvalue weighted by Crippen LogP contribution is 2.44. The Kier molecular flexibility index (Phi) is 2.98. The van der Waals surface area contributed by atoms with Crippen molar-refractivity contribution in [2.75, 3.05) is 0 Å². The monoisotopic (exact) mass is 290 g/mol. The number of hydrogen-bond acceptors (Lipinski definition) is 3. The molecule has 0 aliphatic heterocycles. The molecular weight excluding hydrogens is 276 g/mol. The molecule has 7 heteroatoms. The third-order valence-electron chi connectivity index (χ3n) is 3.31. The fourth-order valence-electron chi connectivity index (χ4n) is 1.84.